The molecule has 0 aliphatic carbocycles. The van der Waals surface area contributed by atoms with Gasteiger partial charge in [-0.15, -0.1) is 11.3 Å². The lowest BCUT2D eigenvalue weighted by Gasteiger charge is -2.36. The first-order chi connectivity index (χ1) is 21.5. The van der Waals surface area contributed by atoms with E-state index >= 15 is 8.78 Å². The number of fused-ring (bicyclic) bond motifs is 2. The predicted molar refractivity (Wildman–Crippen MR) is 169 cm³/mol. The van der Waals surface area contributed by atoms with Gasteiger partial charge in [-0.1, -0.05) is 11.6 Å². The molecule has 2 aliphatic heterocycles. The van der Waals surface area contributed by atoms with Gasteiger partial charge in [-0.3, -0.25) is 4.99 Å². The average molecular weight is 657 g/mol. The number of anilines is 2. The lowest BCUT2D eigenvalue weighted by atomic mass is 9.96. The molecule has 2 aromatic carbocycles. The summed E-state index contributed by atoms with van der Waals surface area (Å²) in [7, 11) is 5.57. The van der Waals surface area contributed by atoms with Crippen molar-refractivity contribution >= 4 is 61.0 Å². The molecule has 0 bridgehead atoms. The molecule has 15 heteroatoms. The van der Waals surface area contributed by atoms with Gasteiger partial charge >= 0.3 is 6.01 Å². The predicted octanol–water partition coefficient (Wildman–Crippen LogP) is 5.38. The number of hydrogen-bond acceptors (Lipinski definition) is 11. The minimum atomic E-state index is -1.11. The number of thiophene rings is 1. The van der Waals surface area contributed by atoms with Crippen LogP contribution in [0.25, 0.3) is 32.1 Å². The van der Waals surface area contributed by atoms with Crippen molar-refractivity contribution in [2.45, 2.75) is 25.2 Å². The molecular formula is C30H28ClF3N8O2S. The number of aromatic nitrogens is 2. The molecule has 0 spiro atoms. The Bertz CT molecular complexity index is 1930. The summed E-state index contributed by atoms with van der Waals surface area (Å²) in [4.78, 5) is 19.0. The largest absolute Gasteiger partial charge is 0.456 e. The van der Waals surface area contributed by atoms with Crippen LogP contribution in [0, 0.1) is 28.8 Å². The van der Waals surface area contributed by atoms with Crippen LogP contribution in [0.5, 0.6) is 6.01 Å². The van der Waals surface area contributed by atoms with E-state index in [9.17, 15) is 9.65 Å². The van der Waals surface area contributed by atoms with Crippen LogP contribution < -0.4 is 15.4 Å². The van der Waals surface area contributed by atoms with E-state index in [0.717, 1.165) is 11.3 Å². The highest BCUT2D eigenvalue weighted by atomic mass is 35.5. The summed E-state index contributed by atoms with van der Waals surface area (Å²) in [6, 6.07) is 3.72. The summed E-state index contributed by atoms with van der Waals surface area (Å²) in [6.07, 6.45) is 4.50. The molecule has 10 nitrogen and oxygen atoms in total. The van der Waals surface area contributed by atoms with Gasteiger partial charge in [0.1, 0.15) is 40.1 Å². The number of likely N-dealkylation sites (N-methyl/N-ethyl adjacent to an activating group) is 1. The Labute approximate surface area is 265 Å². The first-order valence-corrected chi connectivity index (χ1v) is 15.1. The molecular weight excluding hydrogens is 629 g/mol. The minimum Gasteiger partial charge on any atom is -0.456 e. The second-order valence-electron chi connectivity index (χ2n) is 10.9. The second-order valence-corrected chi connectivity index (χ2v) is 12.4. The Kier molecular flexibility index (Phi) is 8.21. The van der Waals surface area contributed by atoms with E-state index in [0.29, 0.717) is 25.0 Å². The molecule has 2 N–H and O–H groups in total. The topological polar surface area (TPSA) is 116 Å². The van der Waals surface area contributed by atoms with Crippen LogP contribution in [-0.4, -0.2) is 85.2 Å². The van der Waals surface area contributed by atoms with Gasteiger partial charge in [0.25, 0.3) is 0 Å². The highest BCUT2D eigenvalue weighted by molar-refractivity contribution is 7.23. The van der Waals surface area contributed by atoms with Gasteiger partial charge in [-0.2, -0.15) is 15.2 Å². The highest BCUT2D eigenvalue weighted by Gasteiger charge is 2.34. The highest BCUT2D eigenvalue weighted by Crippen LogP contribution is 2.47. The van der Waals surface area contributed by atoms with Crippen LogP contribution in [0.1, 0.15) is 12.5 Å². The van der Waals surface area contributed by atoms with Crippen molar-refractivity contribution in [3.05, 3.63) is 52.6 Å². The van der Waals surface area contributed by atoms with Crippen molar-refractivity contribution in [3.8, 4) is 23.2 Å². The standard InChI is InChI=1S/C30H28ClF3N8O2S/c1-14(42-7-5-37-6-8-42)41(4)29-15-9-17(31)23(24-18(32)10-19(33)27-22(24)16(11-35)28(36)45-27)25(34)26(15)38-30(39-29)44-21-13-43-12-20(21)40(2)3/h5-7,9-10,14,20-21H,8,12-13,36H2,1-4H3/t14-,20-,21+/m0/s1. The van der Waals surface area contributed by atoms with Crippen molar-refractivity contribution in [1.82, 2.24) is 19.8 Å². The molecule has 1 saturated heterocycles. The van der Waals surface area contributed by atoms with Crippen LogP contribution >= 0.6 is 22.9 Å². The maximum atomic E-state index is 16.9. The Balaban J connectivity index is 1.59. The van der Waals surface area contributed by atoms with Gasteiger partial charge in [-0.05, 0) is 27.1 Å². The van der Waals surface area contributed by atoms with Crippen LogP contribution in [0.4, 0.5) is 24.0 Å². The van der Waals surface area contributed by atoms with Gasteiger partial charge < -0.3 is 29.9 Å². The summed E-state index contributed by atoms with van der Waals surface area (Å²) in [5.41, 5.74) is 4.82. The number of nitrogen functional groups attached to an aromatic ring is 1. The molecule has 2 aromatic heterocycles. The molecule has 2 aliphatic rings. The van der Waals surface area contributed by atoms with Crippen LogP contribution in [-0.2, 0) is 4.74 Å². The second kappa shape index (κ2) is 12.0. The Hall–Kier alpha value is -4.16. The average Bonchev–Trinajstić information content (AvgIpc) is 3.62. The lowest BCUT2D eigenvalue weighted by molar-refractivity contribution is 0.117. The maximum absolute atomic E-state index is 16.9. The third kappa shape index (κ3) is 5.29. The van der Waals surface area contributed by atoms with Crippen LogP contribution in [0.3, 0.4) is 0 Å². The van der Waals surface area contributed by atoms with Crippen molar-refractivity contribution in [1.29, 1.82) is 5.26 Å². The Morgan fingerprint density at radius 3 is 2.64 bits per heavy atom. The zero-order valence-electron chi connectivity index (χ0n) is 24.7. The van der Waals surface area contributed by atoms with E-state index in [1.54, 1.807) is 19.5 Å². The molecule has 45 heavy (non-hydrogen) atoms. The maximum Gasteiger partial charge on any atom is 0.319 e. The van der Waals surface area contributed by atoms with E-state index in [4.69, 9.17) is 31.8 Å². The third-order valence-corrected chi connectivity index (χ3v) is 9.46. The first kappa shape index (κ1) is 30.8. The SMILES string of the molecule is C[C@H](N1C=CN=CC1)N(C)c1nc(O[C@@H]2COC[C@@H]2N(C)C)nc2c(F)c(-c3c(F)cc(F)c4sc(N)c(C#N)c34)c(Cl)cc12. The monoisotopic (exact) mass is 656 g/mol. The van der Waals surface area contributed by atoms with Gasteiger partial charge in [0.2, 0.25) is 0 Å². The number of ether oxygens (including phenoxy) is 2. The number of rotatable bonds is 7. The molecule has 0 radical (unpaired) electrons. The number of nitrogens with zero attached hydrogens (tertiary/aromatic N) is 7. The van der Waals surface area contributed by atoms with Crippen molar-refractivity contribution in [2.24, 2.45) is 4.99 Å². The molecule has 6 rings (SSSR count). The third-order valence-electron chi connectivity index (χ3n) is 8.14. The quantitative estimate of drug-likeness (QED) is 0.280. The molecule has 0 unspecified atom stereocenters. The number of nitriles is 1. The fraction of sp³-hybridized carbons (Fsp3) is 0.333. The van der Waals surface area contributed by atoms with E-state index < -0.39 is 29.1 Å². The van der Waals surface area contributed by atoms with Crippen molar-refractivity contribution in [3.63, 3.8) is 0 Å². The minimum absolute atomic E-state index is 0.0301. The molecule has 4 aromatic rings. The smallest absolute Gasteiger partial charge is 0.319 e. The summed E-state index contributed by atoms with van der Waals surface area (Å²) in [5, 5.41) is 9.64. The summed E-state index contributed by atoms with van der Waals surface area (Å²) in [5.74, 6) is -2.73. The van der Waals surface area contributed by atoms with Crippen LogP contribution in [0.15, 0.2) is 29.5 Å². The van der Waals surface area contributed by atoms with Crippen molar-refractivity contribution in [2.75, 3.05) is 51.5 Å². The Morgan fingerprint density at radius 1 is 1.18 bits per heavy atom. The molecule has 3 atom stereocenters. The lowest BCUT2D eigenvalue weighted by Crippen LogP contribution is -2.44. The van der Waals surface area contributed by atoms with Crippen LogP contribution in [0.2, 0.25) is 5.02 Å². The number of aliphatic imine (C=N–C) groups is 1. The Morgan fingerprint density at radius 2 is 1.96 bits per heavy atom. The number of benzene rings is 2. The molecule has 0 amide bonds. The summed E-state index contributed by atoms with van der Waals surface area (Å²) in [6.45, 7) is 3.17. The summed E-state index contributed by atoms with van der Waals surface area (Å²) >= 11 is 7.49. The van der Waals surface area contributed by atoms with E-state index in [-0.39, 0.29) is 67.0 Å². The van der Waals surface area contributed by atoms with Gasteiger partial charge in [0.15, 0.2) is 5.82 Å². The normalized spacial score (nSPS) is 18.7. The first-order valence-electron chi connectivity index (χ1n) is 13.9. The van der Waals surface area contributed by atoms with E-state index in [1.165, 1.54) is 6.07 Å². The molecule has 0 saturated carbocycles. The fourth-order valence-electron chi connectivity index (χ4n) is 5.61. The van der Waals surface area contributed by atoms with Gasteiger partial charge in [-0.25, -0.2) is 13.2 Å². The molecule has 1 fully saturated rings. The fourth-order valence-corrected chi connectivity index (χ4v) is 6.83. The summed E-state index contributed by atoms with van der Waals surface area (Å²) < 4.78 is 59.1. The zero-order valence-corrected chi connectivity index (χ0v) is 26.3. The number of hydrogen-bond donors (Lipinski definition) is 1. The zero-order chi connectivity index (χ0) is 32.2. The van der Waals surface area contributed by atoms with Crippen molar-refractivity contribution < 1.29 is 22.6 Å². The number of halogens is 4. The molecule has 4 heterocycles. The number of nitrogens with two attached hydrogens (primary N) is 1. The van der Waals surface area contributed by atoms with Gasteiger partial charge in [0, 0.05) is 53.6 Å². The van der Waals surface area contributed by atoms with Gasteiger partial charge in [0.05, 0.1) is 47.3 Å². The molecule has 234 valence electrons. The van der Waals surface area contributed by atoms with E-state index in [2.05, 4.69) is 9.98 Å². The van der Waals surface area contributed by atoms with E-state index in [1.807, 2.05) is 48.0 Å².